The topological polar surface area (TPSA) is 49.4 Å². The average Bonchev–Trinajstić information content (AvgIpc) is 2.54. The maximum atomic E-state index is 12.7. The van der Waals surface area contributed by atoms with E-state index in [9.17, 15) is 9.59 Å². The molecule has 0 aromatic heterocycles. The Kier molecular flexibility index (Phi) is 4.46. The molecule has 22 heavy (non-hydrogen) atoms. The van der Waals surface area contributed by atoms with Gasteiger partial charge in [0, 0.05) is 25.9 Å². The van der Waals surface area contributed by atoms with Crippen molar-refractivity contribution in [2.45, 2.75) is 64.1 Å². The van der Waals surface area contributed by atoms with Crippen LogP contribution in [0.15, 0.2) is 24.3 Å². The minimum absolute atomic E-state index is 0.0107. The Morgan fingerprint density at radius 3 is 2.45 bits per heavy atom. The number of fused-ring (bicyclic) bond motifs is 1. The lowest BCUT2D eigenvalue weighted by atomic mass is 9.92. The van der Waals surface area contributed by atoms with Crippen LogP contribution < -0.4 is 5.32 Å². The summed E-state index contributed by atoms with van der Waals surface area (Å²) in [6, 6.07) is 8.01. The van der Waals surface area contributed by atoms with Gasteiger partial charge >= 0.3 is 0 Å². The SMILES string of the molecule is CC(=O)N1Cc2ccccc2C[C@H]1C(=O)NC1CCCCC1. The highest BCUT2D eigenvalue weighted by Gasteiger charge is 2.33. The first-order valence-corrected chi connectivity index (χ1v) is 8.29. The summed E-state index contributed by atoms with van der Waals surface area (Å²) in [5, 5.41) is 3.17. The Morgan fingerprint density at radius 2 is 1.77 bits per heavy atom. The lowest BCUT2D eigenvalue weighted by Crippen LogP contribution is -2.54. The monoisotopic (exact) mass is 300 g/mol. The molecule has 1 saturated carbocycles. The van der Waals surface area contributed by atoms with Crippen LogP contribution >= 0.6 is 0 Å². The molecule has 2 aliphatic rings. The number of nitrogens with zero attached hydrogens (tertiary/aromatic N) is 1. The molecule has 2 amide bonds. The number of amides is 2. The van der Waals surface area contributed by atoms with E-state index in [1.165, 1.54) is 24.8 Å². The number of hydrogen-bond acceptors (Lipinski definition) is 2. The summed E-state index contributed by atoms with van der Waals surface area (Å²) >= 11 is 0. The molecule has 1 heterocycles. The van der Waals surface area contributed by atoms with Gasteiger partial charge in [-0.05, 0) is 24.0 Å². The van der Waals surface area contributed by atoms with Crippen LogP contribution in [0.1, 0.15) is 50.2 Å². The molecule has 0 spiro atoms. The fraction of sp³-hybridized carbons (Fsp3) is 0.556. The second kappa shape index (κ2) is 6.51. The van der Waals surface area contributed by atoms with E-state index < -0.39 is 0 Å². The summed E-state index contributed by atoms with van der Waals surface area (Å²) < 4.78 is 0. The van der Waals surface area contributed by atoms with Gasteiger partial charge in [-0.15, -0.1) is 0 Å². The summed E-state index contributed by atoms with van der Waals surface area (Å²) in [5.41, 5.74) is 2.34. The van der Waals surface area contributed by atoms with Gasteiger partial charge in [0.1, 0.15) is 6.04 Å². The maximum absolute atomic E-state index is 12.7. The molecular formula is C18H24N2O2. The molecule has 1 aliphatic heterocycles. The van der Waals surface area contributed by atoms with Crippen molar-refractivity contribution in [1.29, 1.82) is 0 Å². The molecule has 0 saturated heterocycles. The second-order valence-electron chi connectivity index (χ2n) is 6.48. The number of nitrogens with one attached hydrogen (secondary N) is 1. The van der Waals surface area contributed by atoms with Gasteiger partial charge in [0.25, 0.3) is 0 Å². The Morgan fingerprint density at radius 1 is 1.09 bits per heavy atom. The van der Waals surface area contributed by atoms with Gasteiger partial charge in [-0.2, -0.15) is 0 Å². The van der Waals surface area contributed by atoms with Gasteiger partial charge in [-0.1, -0.05) is 43.5 Å². The zero-order chi connectivity index (χ0) is 15.5. The van der Waals surface area contributed by atoms with Crippen LogP contribution in [0, 0.1) is 0 Å². The molecule has 1 aliphatic carbocycles. The van der Waals surface area contributed by atoms with Crippen molar-refractivity contribution in [2.24, 2.45) is 0 Å². The molecule has 1 fully saturated rings. The number of rotatable bonds is 2. The van der Waals surface area contributed by atoms with Gasteiger partial charge in [0.15, 0.2) is 0 Å². The van der Waals surface area contributed by atoms with Crippen LogP contribution in [0.5, 0.6) is 0 Å². The molecule has 1 aromatic rings. The Labute approximate surface area is 131 Å². The summed E-state index contributed by atoms with van der Waals surface area (Å²) in [5.74, 6) is -0.0186. The molecule has 0 bridgehead atoms. The predicted octanol–water partition coefficient (Wildman–Crippen LogP) is 2.41. The van der Waals surface area contributed by atoms with E-state index in [0.29, 0.717) is 13.0 Å². The van der Waals surface area contributed by atoms with Crippen LogP contribution in [0.2, 0.25) is 0 Å². The third-order valence-electron chi connectivity index (χ3n) is 4.91. The molecular weight excluding hydrogens is 276 g/mol. The van der Waals surface area contributed by atoms with E-state index in [-0.39, 0.29) is 23.9 Å². The highest BCUT2D eigenvalue weighted by Crippen LogP contribution is 2.24. The Hall–Kier alpha value is -1.84. The summed E-state index contributed by atoms with van der Waals surface area (Å²) in [6.07, 6.45) is 6.39. The maximum Gasteiger partial charge on any atom is 0.243 e. The van der Waals surface area contributed by atoms with E-state index in [1.807, 2.05) is 18.2 Å². The minimum atomic E-state index is -0.366. The first-order chi connectivity index (χ1) is 10.6. The summed E-state index contributed by atoms with van der Waals surface area (Å²) in [6.45, 7) is 2.09. The van der Waals surface area contributed by atoms with Crippen molar-refractivity contribution < 1.29 is 9.59 Å². The van der Waals surface area contributed by atoms with E-state index >= 15 is 0 Å². The van der Waals surface area contributed by atoms with Crippen LogP contribution in [0.4, 0.5) is 0 Å². The lowest BCUT2D eigenvalue weighted by Gasteiger charge is -2.36. The van der Waals surface area contributed by atoms with Crippen molar-refractivity contribution in [3.63, 3.8) is 0 Å². The van der Waals surface area contributed by atoms with Gasteiger partial charge in [-0.25, -0.2) is 0 Å². The summed E-state index contributed by atoms with van der Waals surface area (Å²) in [7, 11) is 0. The minimum Gasteiger partial charge on any atom is -0.352 e. The average molecular weight is 300 g/mol. The highest BCUT2D eigenvalue weighted by molar-refractivity contribution is 5.88. The molecule has 1 aromatic carbocycles. The van der Waals surface area contributed by atoms with E-state index in [4.69, 9.17) is 0 Å². The second-order valence-corrected chi connectivity index (χ2v) is 6.48. The fourth-order valence-electron chi connectivity index (χ4n) is 3.63. The van der Waals surface area contributed by atoms with Crippen molar-refractivity contribution in [2.75, 3.05) is 0 Å². The quantitative estimate of drug-likeness (QED) is 0.912. The normalized spacial score (nSPS) is 22.0. The van der Waals surface area contributed by atoms with E-state index in [1.54, 1.807) is 11.8 Å². The zero-order valence-corrected chi connectivity index (χ0v) is 13.2. The number of benzene rings is 1. The van der Waals surface area contributed by atoms with Gasteiger partial charge in [-0.3, -0.25) is 9.59 Å². The molecule has 118 valence electrons. The largest absolute Gasteiger partial charge is 0.352 e. The first kappa shape index (κ1) is 15.1. The molecule has 4 nitrogen and oxygen atoms in total. The van der Waals surface area contributed by atoms with Crippen molar-refractivity contribution in [1.82, 2.24) is 10.2 Å². The fourth-order valence-corrected chi connectivity index (χ4v) is 3.63. The van der Waals surface area contributed by atoms with Crippen LogP contribution in [0.3, 0.4) is 0 Å². The number of carbonyl (C=O) groups is 2. The molecule has 0 unspecified atom stereocenters. The van der Waals surface area contributed by atoms with Gasteiger partial charge < -0.3 is 10.2 Å². The zero-order valence-electron chi connectivity index (χ0n) is 13.2. The predicted molar refractivity (Wildman–Crippen MR) is 85.2 cm³/mol. The molecule has 0 radical (unpaired) electrons. The van der Waals surface area contributed by atoms with Crippen molar-refractivity contribution in [3.8, 4) is 0 Å². The van der Waals surface area contributed by atoms with Crippen molar-refractivity contribution >= 4 is 11.8 Å². The number of carbonyl (C=O) groups excluding carboxylic acids is 2. The summed E-state index contributed by atoms with van der Waals surface area (Å²) in [4.78, 5) is 26.4. The van der Waals surface area contributed by atoms with Crippen molar-refractivity contribution in [3.05, 3.63) is 35.4 Å². The Balaban J connectivity index is 1.75. The molecule has 3 rings (SSSR count). The molecule has 1 N–H and O–H groups in total. The standard InChI is InChI=1S/C18H24N2O2/c1-13(21)20-12-15-8-6-5-7-14(15)11-17(20)18(22)19-16-9-3-2-4-10-16/h5-8,16-17H,2-4,9-12H2,1H3,(H,19,22)/t17-/m0/s1. The lowest BCUT2D eigenvalue weighted by molar-refractivity contribution is -0.140. The van der Waals surface area contributed by atoms with Crippen LogP contribution in [-0.4, -0.2) is 28.8 Å². The number of hydrogen-bond donors (Lipinski definition) is 1. The van der Waals surface area contributed by atoms with E-state index in [0.717, 1.165) is 18.4 Å². The Bertz CT molecular complexity index is 564. The van der Waals surface area contributed by atoms with E-state index in [2.05, 4.69) is 11.4 Å². The third kappa shape index (κ3) is 3.16. The van der Waals surface area contributed by atoms with Crippen LogP contribution in [-0.2, 0) is 22.6 Å². The molecule has 1 atom stereocenters. The first-order valence-electron chi connectivity index (χ1n) is 8.29. The third-order valence-corrected chi connectivity index (χ3v) is 4.91. The highest BCUT2D eigenvalue weighted by atomic mass is 16.2. The smallest absolute Gasteiger partial charge is 0.243 e. The van der Waals surface area contributed by atoms with Gasteiger partial charge in [0.2, 0.25) is 11.8 Å². The van der Waals surface area contributed by atoms with Gasteiger partial charge in [0.05, 0.1) is 0 Å². The molecule has 4 heteroatoms. The van der Waals surface area contributed by atoms with Crippen LogP contribution in [0.25, 0.3) is 0 Å².